The van der Waals surface area contributed by atoms with E-state index in [0.717, 1.165) is 18.5 Å². The normalized spacial score (nSPS) is 12.0. The minimum Gasteiger partial charge on any atom is -0.444 e. The third kappa shape index (κ3) is 9.79. The number of nitrogens with one attached hydrogen (secondary N) is 3. The van der Waals surface area contributed by atoms with Crippen LogP contribution < -0.4 is 16.0 Å². The van der Waals surface area contributed by atoms with Gasteiger partial charge in [0, 0.05) is 31.9 Å². The second-order valence-corrected chi connectivity index (χ2v) is 8.11. The molecule has 1 aromatic carbocycles. The molecule has 0 radical (unpaired) electrons. The third-order valence-electron chi connectivity index (χ3n) is 4.18. The number of rotatable bonds is 10. The van der Waals surface area contributed by atoms with Crippen LogP contribution in [-0.4, -0.2) is 52.2 Å². The Bertz CT molecular complexity index is 831. The molecule has 0 bridgehead atoms. The van der Waals surface area contributed by atoms with E-state index in [-0.39, 0.29) is 12.5 Å². The summed E-state index contributed by atoms with van der Waals surface area (Å²) in [6, 6.07) is 8.67. The lowest BCUT2D eigenvalue weighted by molar-refractivity contribution is -0.128. The van der Waals surface area contributed by atoms with Crippen LogP contribution in [0.15, 0.2) is 49.1 Å². The molecule has 168 valence electrons. The summed E-state index contributed by atoms with van der Waals surface area (Å²) in [4.78, 5) is 40.8. The van der Waals surface area contributed by atoms with Gasteiger partial charge in [0.1, 0.15) is 18.2 Å². The Hall–Kier alpha value is -3.36. The highest BCUT2D eigenvalue weighted by Crippen LogP contribution is 2.06. The Morgan fingerprint density at radius 1 is 1.13 bits per heavy atom. The van der Waals surface area contributed by atoms with Gasteiger partial charge >= 0.3 is 6.09 Å². The van der Waals surface area contributed by atoms with E-state index in [1.807, 2.05) is 41.1 Å². The van der Waals surface area contributed by atoms with Crippen LogP contribution in [-0.2, 0) is 27.3 Å². The molecule has 0 aliphatic heterocycles. The predicted octanol–water partition coefficient (Wildman–Crippen LogP) is 1.64. The van der Waals surface area contributed by atoms with E-state index in [1.165, 1.54) is 0 Å². The van der Waals surface area contributed by atoms with Gasteiger partial charge in [-0.25, -0.2) is 9.78 Å². The van der Waals surface area contributed by atoms with Gasteiger partial charge in [-0.3, -0.25) is 9.59 Å². The lowest BCUT2D eigenvalue weighted by atomic mass is 10.1. The van der Waals surface area contributed by atoms with Gasteiger partial charge in [0.15, 0.2) is 0 Å². The van der Waals surface area contributed by atoms with Crippen molar-refractivity contribution in [1.29, 1.82) is 0 Å². The second-order valence-electron chi connectivity index (χ2n) is 8.11. The molecule has 0 saturated heterocycles. The molecule has 9 nitrogen and oxygen atoms in total. The van der Waals surface area contributed by atoms with Crippen molar-refractivity contribution in [1.82, 2.24) is 25.5 Å². The van der Waals surface area contributed by atoms with Gasteiger partial charge in [-0.15, -0.1) is 0 Å². The van der Waals surface area contributed by atoms with Gasteiger partial charge in [0.05, 0.1) is 6.33 Å². The van der Waals surface area contributed by atoms with Crippen molar-refractivity contribution in [2.75, 3.05) is 13.1 Å². The first-order valence-electron chi connectivity index (χ1n) is 10.3. The molecule has 1 atom stereocenters. The minimum absolute atomic E-state index is 0.278. The van der Waals surface area contributed by atoms with Crippen molar-refractivity contribution in [3.8, 4) is 0 Å². The fraction of sp³-hybridized carbons (Fsp3) is 0.455. The Morgan fingerprint density at radius 3 is 2.52 bits per heavy atom. The van der Waals surface area contributed by atoms with E-state index in [4.69, 9.17) is 4.74 Å². The smallest absolute Gasteiger partial charge is 0.408 e. The number of carbonyl (C=O) groups is 3. The summed E-state index contributed by atoms with van der Waals surface area (Å²) in [5.74, 6) is -0.750. The van der Waals surface area contributed by atoms with Crippen molar-refractivity contribution >= 4 is 17.9 Å². The quantitative estimate of drug-likeness (QED) is 0.497. The van der Waals surface area contributed by atoms with E-state index in [1.54, 1.807) is 33.3 Å². The van der Waals surface area contributed by atoms with Crippen molar-refractivity contribution < 1.29 is 19.1 Å². The number of aromatic nitrogens is 2. The fourth-order valence-corrected chi connectivity index (χ4v) is 2.79. The molecule has 0 saturated carbocycles. The summed E-state index contributed by atoms with van der Waals surface area (Å²) in [7, 11) is 0. The lowest BCUT2D eigenvalue weighted by Crippen LogP contribution is -2.51. The Balaban J connectivity index is 1.87. The van der Waals surface area contributed by atoms with Gasteiger partial charge in [0.25, 0.3) is 0 Å². The molecule has 9 heteroatoms. The molecule has 31 heavy (non-hydrogen) atoms. The van der Waals surface area contributed by atoms with Crippen LogP contribution in [0.2, 0.25) is 0 Å². The standard InChI is InChI=1S/C22H31N5O4/c1-22(2,3)31-21(30)25-15-19(28)26-18(14-17-8-5-4-6-9-17)20(29)24-10-7-12-27-13-11-23-16-27/h4-6,8-9,11,13,16,18H,7,10,12,14-15H2,1-3H3,(H,24,29)(H,25,30)(H,26,28)/t18-/m0/s1. The zero-order valence-electron chi connectivity index (χ0n) is 18.3. The van der Waals surface area contributed by atoms with E-state index >= 15 is 0 Å². The second kappa shape index (κ2) is 11.7. The number of nitrogens with zero attached hydrogens (tertiary/aromatic N) is 2. The number of amides is 3. The number of aryl methyl sites for hydroxylation is 1. The molecule has 0 unspecified atom stereocenters. The first-order valence-corrected chi connectivity index (χ1v) is 10.3. The third-order valence-corrected chi connectivity index (χ3v) is 4.18. The fourth-order valence-electron chi connectivity index (χ4n) is 2.79. The van der Waals surface area contributed by atoms with Crippen molar-refractivity contribution in [3.05, 3.63) is 54.6 Å². The molecule has 3 N–H and O–H groups in total. The van der Waals surface area contributed by atoms with Crippen LogP contribution in [0.4, 0.5) is 4.79 Å². The van der Waals surface area contributed by atoms with Gasteiger partial charge in [-0.2, -0.15) is 0 Å². The zero-order valence-corrected chi connectivity index (χ0v) is 18.3. The van der Waals surface area contributed by atoms with Crippen molar-refractivity contribution in [3.63, 3.8) is 0 Å². The largest absolute Gasteiger partial charge is 0.444 e. The summed E-state index contributed by atoms with van der Waals surface area (Å²) < 4.78 is 7.04. The highest BCUT2D eigenvalue weighted by molar-refractivity contribution is 5.89. The van der Waals surface area contributed by atoms with E-state index in [2.05, 4.69) is 20.9 Å². The highest BCUT2D eigenvalue weighted by atomic mass is 16.6. The monoisotopic (exact) mass is 429 g/mol. The molecular weight excluding hydrogens is 398 g/mol. The van der Waals surface area contributed by atoms with Gasteiger partial charge in [-0.05, 0) is 32.8 Å². The Morgan fingerprint density at radius 2 is 1.87 bits per heavy atom. The molecule has 2 aromatic rings. The maximum atomic E-state index is 12.7. The van der Waals surface area contributed by atoms with Gasteiger partial charge in [0.2, 0.25) is 11.8 Å². The van der Waals surface area contributed by atoms with E-state index < -0.39 is 23.6 Å². The average molecular weight is 430 g/mol. The molecule has 0 fully saturated rings. The maximum Gasteiger partial charge on any atom is 0.408 e. The molecule has 1 heterocycles. The summed E-state index contributed by atoms with van der Waals surface area (Å²) in [6.07, 6.45) is 5.66. The van der Waals surface area contributed by atoms with Crippen LogP contribution in [0.3, 0.4) is 0 Å². The topological polar surface area (TPSA) is 114 Å². The Kier molecular flexibility index (Phi) is 9.05. The highest BCUT2D eigenvalue weighted by Gasteiger charge is 2.22. The van der Waals surface area contributed by atoms with Crippen LogP contribution in [0.5, 0.6) is 0 Å². The molecule has 3 amide bonds. The molecule has 0 spiro atoms. The van der Waals surface area contributed by atoms with Crippen LogP contribution in [0.1, 0.15) is 32.8 Å². The van der Waals surface area contributed by atoms with Crippen LogP contribution in [0.25, 0.3) is 0 Å². The molecule has 2 rings (SSSR count). The number of benzene rings is 1. The number of hydrogen-bond acceptors (Lipinski definition) is 5. The molecule has 0 aliphatic carbocycles. The van der Waals surface area contributed by atoms with Crippen LogP contribution >= 0.6 is 0 Å². The number of ether oxygens (including phenoxy) is 1. The molecule has 1 aromatic heterocycles. The first kappa shape index (κ1) is 23.9. The molecular formula is C22H31N5O4. The number of carbonyl (C=O) groups excluding carboxylic acids is 3. The average Bonchev–Trinajstić information content (AvgIpc) is 3.22. The predicted molar refractivity (Wildman–Crippen MR) is 116 cm³/mol. The summed E-state index contributed by atoms with van der Waals surface area (Å²) in [6.45, 7) is 6.12. The zero-order chi connectivity index (χ0) is 22.7. The minimum atomic E-state index is -0.761. The summed E-state index contributed by atoms with van der Waals surface area (Å²) in [5, 5.41) is 7.97. The summed E-state index contributed by atoms with van der Waals surface area (Å²) in [5.41, 5.74) is 0.258. The Labute approximate surface area is 182 Å². The number of imidazole rings is 1. The van der Waals surface area contributed by atoms with Gasteiger partial charge in [-0.1, -0.05) is 30.3 Å². The lowest BCUT2D eigenvalue weighted by Gasteiger charge is -2.21. The first-order chi connectivity index (χ1) is 14.7. The van der Waals surface area contributed by atoms with E-state index in [9.17, 15) is 14.4 Å². The van der Waals surface area contributed by atoms with E-state index in [0.29, 0.717) is 13.0 Å². The number of alkyl carbamates (subject to hydrolysis) is 1. The van der Waals surface area contributed by atoms with Crippen molar-refractivity contribution in [2.24, 2.45) is 0 Å². The number of hydrogen-bond donors (Lipinski definition) is 3. The van der Waals surface area contributed by atoms with Gasteiger partial charge < -0.3 is 25.3 Å². The van der Waals surface area contributed by atoms with Crippen LogP contribution in [0, 0.1) is 0 Å². The SMILES string of the molecule is CC(C)(C)OC(=O)NCC(=O)N[C@@H](Cc1ccccc1)C(=O)NCCCn1ccnc1. The summed E-state index contributed by atoms with van der Waals surface area (Å²) >= 11 is 0. The molecule has 0 aliphatic rings. The van der Waals surface area contributed by atoms with Crippen molar-refractivity contribution in [2.45, 2.75) is 51.8 Å². The maximum absolute atomic E-state index is 12.7.